The summed E-state index contributed by atoms with van der Waals surface area (Å²) >= 11 is 3.38. The number of nitrogens with zero attached hydrogens (tertiary/aromatic N) is 2. The Labute approximate surface area is 132 Å². The van der Waals surface area contributed by atoms with Crippen molar-refractivity contribution < 1.29 is 4.79 Å². The van der Waals surface area contributed by atoms with Crippen LogP contribution in [0.15, 0.2) is 41.1 Å². The van der Waals surface area contributed by atoms with E-state index in [1.807, 2.05) is 24.3 Å². The summed E-state index contributed by atoms with van der Waals surface area (Å²) in [5, 5.41) is 5.94. The van der Waals surface area contributed by atoms with Crippen LogP contribution in [-0.2, 0) is 0 Å². The number of halogens is 1. The normalized spacial score (nSPS) is 10.5. The van der Waals surface area contributed by atoms with Crippen LogP contribution in [0.2, 0.25) is 0 Å². The van der Waals surface area contributed by atoms with Gasteiger partial charge in [0.2, 0.25) is 0 Å². The molecule has 1 aromatic heterocycles. The number of amides is 1. The van der Waals surface area contributed by atoms with Crippen molar-refractivity contribution in [1.29, 1.82) is 0 Å². The first-order chi connectivity index (χ1) is 10.1. The molecule has 0 radical (unpaired) electrons. The Morgan fingerprint density at radius 3 is 2.62 bits per heavy atom. The van der Waals surface area contributed by atoms with Crippen molar-refractivity contribution in [2.45, 2.75) is 13.8 Å². The van der Waals surface area contributed by atoms with Crippen molar-refractivity contribution in [1.82, 2.24) is 9.97 Å². The fourth-order valence-corrected chi connectivity index (χ4v) is 1.98. The lowest BCUT2D eigenvalue weighted by molar-refractivity contribution is 0.102. The lowest BCUT2D eigenvalue weighted by Gasteiger charge is -2.09. The van der Waals surface area contributed by atoms with Gasteiger partial charge < -0.3 is 10.6 Å². The smallest absolute Gasteiger partial charge is 0.275 e. The molecule has 2 rings (SSSR count). The van der Waals surface area contributed by atoms with Crippen LogP contribution in [0.1, 0.15) is 24.3 Å². The van der Waals surface area contributed by atoms with Crippen molar-refractivity contribution in [2.75, 3.05) is 17.2 Å². The molecule has 2 N–H and O–H groups in total. The fraction of sp³-hybridized carbons (Fsp3) is 0.267. The van der Waals surface area contributed by atoms with Crippen LogP contribution < -0.4 is 10.6 Å². The molecule has 0 saturated carbocycles. The summed E-state index contributed by atoms with van der Waals surface area (Å²) in [5.41, 5.74) is 0.979. The van der Waals surface area contributed by atoms with Crippen LogP contribution in [0.5, 0.6) is 0 Å². The molecule has 0 fully saturated rings. The molecule has 1 heterocycles. The van der Waals surface area contributed by atoms with Crippen LogP contribution in [-0.4, -0.2) is 22.4 Å². The highest BCUT2D eigenvalue weighted by Crippen LogP contribution is 2.21. The van der Waals surface area contributed by atoms with E-state index in [2.05, 4.69) is 50.4 Å². The largest absolute Gasteiger partial charge is 0.369 e. The standard InChI is InChI=1S/C15H17BrN4O/c1-10(2)7-18-14-9-17-13(8-19-14)15(21)20-12-6-4-3-5-11(12)16/h3-6,8-10H,7H2,1-2H3,(H,18,19)(H,20,21). The van der Waals surface area contributed by atoms with E-state index in [9.17, 15) is 4.79 Å². The van der Waals surface area contributed by atoms with Crippen molar-refractivity contribution in [3.8, 4) is 0 Å². The first kappa shape index (κ1) is 15.4. The molecule has 0 bridgehead atoms. The van der Waals surface area contributed by atoms with Gasteiger partial charge in [-0.2, -0.15) is 0 Å². The van der Waals surface area contributed by atoms with Crippen molar-refractivity contribution in [3.63, 3.8) is 0 Å². The minimum absolute atomic E-state index is 0.279. The highest BCUT2D eigenvalue weighted by atomic mass is 79.9. The van der Waals surface area contributed by atoms with Gasteiger partial charge in [-0.15, -0.1) is 0 Å². The maximum atomic E-state index is 12.1. The zero-order chi connectivity index (χ0) is 15.2. The van der Waals surface area contributed by atoms with E-state index < -0.39 is 0 Å². The SMILES string of the molecule is CC(C)CNc1cnc(C(=O)Nc2ccccc2Br)cn1. The van der Waals surface area contributed by atoms with Gasteiger partial charge in [0.1, 0.15) is 11.5 Å². The molecule has 0 aliphatic carbocycles. The predicted molar refractivity (Wildman–Crippen MR) is 87.5 cm³/mol. The number of hydrogen-bond donors (Lipinski definition) is 2. The highest BCUT2D eigenvalue weighted by Gasteiger charge is 2.10. The minimum Gasteiger partial charge on any atom is -0.369 e. The van der Waals surface area contributed by atoms with Crippen LogP contribution in [0.25, 0.3) is 0 Å². The Bertz CT molecular complexity index is 613. The fourth-order valence-electron chi connectivity index (χ4n) is 1.59. The van der Waals surface area contributed by atoms with E-state index in [1.54, 1.807) is 6.20 Å². The van der Waals surface area contributed by atoms with Gasteiger partial charge >= 0.3 is 0 Å². The molecule has 2 aromatic rings. The van der Waals surface area contributed by atoms with E-state index >= 15 is 0 Å². The number of carbonyl (C=O) groups is 1. The highest BCUT2D eigenvalue weighted by molar-refractivity contribution is 9.10. The van der Waals surface area contributed by atoms with Gasteiger partial charge in [0.05, 0.1) is 18.1 Å². The summed E-state index contributed by atoms with van der Waals surface area (Å²) in [5.74, 6) is 0.899. The monoisotopic (exact) mass is 348 g/mol. The van der Waals surface area contributed by atoms with E-state index in [1.165, 1.54) is 6.20 Å². The van der Waals surface area contributed by atoms with Gasteiger partial charge in [0.25, 0.3) is 5.91 Å². The maximum Gasteiger partial charge on any atom is 0.275 e. The second-order valence-electron chi connectivity index (χ2n) is 5.00. The molecule has 21 heavy (non-hydrogen) atoms. The molecular weight excluding hydrogens is 332 g/mol. The molecule has 0 spiro atoms. The molecule has 6 heteroatoms. The third-order valence-electron chi connectivity index (χ3n) is 2.70. The Hall–Kier alpha value is -1.95. The van der Waals surface area contributed by atoms with Gasteiger partial charge in [-0.05, 0) is 34.0 Å². The summed E-state index contributed by atoms with van der Waals surface area (Å²) in [4.78, 5) is 20.4. The maximum absolute atomic E-state index is 12.1. The number of aromatic nitrogens is 2. The van der Waals surface area contributed by atoms with Crippen LogP contribution in [0, 0.1) is 5.92 Å². The summed E-state index contributed by atoms with van der Waals surface area (Å²) < 4.78 is 0.821. The van der Waals surface area contributed by atoms with Crippen LogP contribution in [0.3, 0.4) is 0 Å². The zero-order valence-corrected chi connectivity index (χ0v) is 13.5. The minimum atomic E-state index is -0.287. The second-order valence-corrected chi connectivity index (χ2v) is 5.85. The van der Waals surface area contributed by atoms with Crippen molar-refractivity contribution >= 4 is 33.3 Å². The Morgan fingerprint density at radius 1 is 1.24 bits per heavy atom. The number of rotatable bonds is 5. The summed E-state index contributed by atoms with van der Waals surface area (Å²) in [6, 6.07) is 7.41. The average Bonchev–Trinajstić information content (AvgIpc) is 2.48. The molecule has 1 amide bonds. The number of anilines is 2. The third kappa shape index (κ3) is 4.53. The van der Waals surface area contributed by atoms with Crippen molar-refractivity contribution in [3.05, 3.63) is 46.8 Å². The Morgan fingerprint density at radius 2 is 2.00 bits per heavy atom. The molecular formula is C15H17BrN4O. The third-order valence-corrected chi connectivity index (χ3v) is 3.39. The van der Waals surface area contributed by atoms with Crippen LogP contribution >= 0.6 is 15.9 Å². The Kier molecular flexibility index (Phi) is 5.27. The number of para-hydroxylation sites is 1. The lowest BCUT2D eigenvalue weighted by Crippen LogP contribution is -2.15. The number of nitrogens with one attached hydrogen (secondary N) is 2. The van der Waals surface area contributed by atoms with Crippen molar-refractivity contribution in [2.24, 2.45) is 5.92 Å². The topological polar surface area (TPSA) is 66.9 Å². The zero-order valence-electron chi connectivity index (χ0n) is 11.9. The molecule has 5 nitrogen and oxygen atoms in total. The molecule has 0 aliphatic rings. The molecule has 0 saturated heterocycles. The lowest BCUT2D eigenvalue weighted by atomic mass is 10.2. The Balaban J connectivity index is 2.01. The molecule has 0 unspecified atom stereocenters. The summed E-state index contributed by atoms with van der Waals surface area (Å²) in [6.45, 7) is 5.04. The first-order valence-corrected chi connectivity index (χ1v) is 7.47. The average molecular weight is 349 g/mol. The summed E-state index contributed by atoms with van der Waals surface area (Å²) in [7, 11) is 0. The van der Waals surface area contributed by atoms with Gasteiger partial charge in [0.15, 0.2) is 0 Å². The molecule has 0 atom stereocenters. The molecule has 0 aliphatic heterocycles. The quantitative estimate of drug-likeness (QED) is 0.866. The molecule has 110 valence electrons. The number of benzene rings is 1. The summed E-state index contributed by atoms with van der Waals surface area (Å²) in [6.07, 6.45) is 3.03. The van der Waals surface area contributed by atoms with Crippen LogP contribution in [0.4, 0.5) is 11.5 Å². The predicted octanol–water partition coefficient (Wildman–Crippen LogP) is 3.56. The number of carbonyl (C=O) groups excluding carboxylic acids is 1. The van der Waals surface area contributed by atoms with E-state index in [4.69, 9.17) is 0 Å². The van der Waals surface area contributed by atoms with Gasteiger partial charge in [-0.3, -0.25) is 4.79 Å². The van der Waals surface area contributed by atoms with E-state index in [0.29, 0.717) is 17.4 Å². The van der Waals surface area contributed by atoms with E-state index in [0.717, 1.165) is 11.0 Å². The van der Waals surface area contributed by atoms with E-state index in [-0.39, 0.29) is 11.6 Å². The van der Waals surface area contributed by atoms with Gasteiger partial charge in [-0.25, -0.2) is 9.97 Å². The molecule has 1 aromatic carbocycles. The second kappa shape index (κ2) is 7.17. The van der Waals surface area contributed by atoms with Gasteiger partial charge in [-0.1, -0.05) is 26.0 Å². The first-order valence-electron chi connectivity index (χ1n) is 6.68. The number of hydrogen-bond acceptors (Lipinski definition) is 4. The van der Waals surface area contributed by atoms with Gasteiger partial charge in [0, 0.05) is 11.0 Å².